The minimum atomic E-state index is -3.65. The summed E-state index contributed by atoms with van der Waals surface area (Å²) in [5, 5.41) is 10.8. The number of rotatable bonds is 3. The first kappa shape index (κ1) is 13.9. The van der Waals surface area contributed by atoms with Gasteiger partial charge in [-0.1, -0.05) is 18.2 Å². The highest BCUT2D eigenvalue weighted by Crippen LogP contribution is 2.52. The lowest BCUT2D eigenvalue weighted by molar-refractivity contribution is -0.385. The van der Waals surface area contributed by atoms with Crippen LogP contribution in [-0.2, 0) is 10.0 Å². The average molecular weight is 320 g/mol. The molecule has 0 amide bonds. The molecule has 1 aromatic carbocycles. The Kier molecular flexibility index (Phi) is 2.93. The zero-order chi connectivity index (χ0) is 15.5. The fourth-order valence-electron chi connectivity index (χ4n) is 4.22. The maximum absolute atomic E-state index is 12.8. The molecule has 0 N–H and O–H groups in total. The van der Waals surface area contributed by atoms with Crippen LogP contribution in [-0.4, -0.2) is 30.7 Å². The monoisotopic (exact) mass is 320 g/mol. The van der Waals surface area contributed by atoms with Crippen LogP contribution in [0.25, 0.3) is 0 Å². The Labute approximate surface area is 128 Å². The van der Waals surface area contributed by atoms with Crippen molar-refractivity contribution >= 4 is 15.7 Å². The molecule has 0 spiro atoms. The average Bonchev–Trinajstić information content (AvgIpc) is 3.19. The van der Waals surface area contributed by atoms with Crippen molar-refractivity contribution in [2.45, 2.75) is 11.3 Å². The topological polar surface area (TPSA) is 80.5 Å². The van der Waals surface area contributed by atoms with E-state index in [-0.39, 0.29) is 10.6 Å². The predicted octanol–water partition coefficient (Wildman–Crippen LogP) is 2.04. The first-order valence-electron chi connectivity index (χ1n) is 7.40. The summed E-state index contributed by atoms with van der Waals surface area (Å²) >= 11 is 0. The zero-order valence-corrected chi connectivity index (χ0v) is 12.6. The van der Waals surface area contributed by atoms with Crippen LogP contribution in [0.1, 0.15) is 6.42 Å². The van der Waals surface area contributed by atoms with E-state index in [9.17, 15) is 18.5 Å². The van der Waals surface area contributed by atoms with E-state index in [0.717, 1.165) is 12.5 Å². The first-order chi connectivity index (χ1) is 10.5. The minimum Gasteiger partial charge on any atom is -0.258 e. The van der Waals surface area contributed by atoms with Crippen LogP contribution < -0.4 is 0 Å². The SMILES string of the molecule is O=[N+]([O-])c1cccc(S(=O)(=O)N2C[C@@H]3[C@H](C2)[C@@H]2C=C[C@H]3C2)c1. The third kappa shape index (κ3) is 1.92. The van der Waals surface area contributed by atoms with Gasteiger partial charge in [0.05, 0.1) is 9.82 Å². The van der Waals surface area contributed by atoms with Crippen LogP contribution in [0.3, 0.4) is 0 Å². The van der Waals surface area contributed by atoms with Gasteiger partial charge in [0.25, 0.3) is 5.69 Å². The number of fused-ring (bicyclic) bond motifs is 5. The van der Waals surface area contributed by atoms with Gasteiger partial charge in [0, 0.05) is 25.2 Å². The molecule has 4 rings (SSSR count). The Morgan fingerprint density at radius 3 is 2.36 bits per heavy atom. The molecule has 1 saturated heterocycles. The van der Waals surface area contributed by atoms with Crippen molar-refractivity contribution in [3.63, 3.8) is 0 Å². The third-order valence-corrected chi connectivity index (χ3v) is 7.12. The van der Waals surface area contributed by atoms with E-state index in [2.05, 4.69) is 12.2 Å². The lowest BCUT2D eigenvalue weighted by atomic mass is 9.86. The molecule has 2 fully saturated rings. The molecule has 2 aliphatic carbocycles. The lowest BCUT2D eigenvalue weighted by Crippen LogP contribution is -2.30. The Morgan fingerprint density at radius 1 is 1.14 bits per heavy atom. The smallest absolute Gasteiger partial charge is 0.258 e. The molecule has 116 valence electrons. The van der Waals surface area contributed by atoms with E-state index in [1.54, 1.807) is 0 Å². The molecule has 1 heterocycles. The second-order valence-electron chi connectivity index (χ2n) is 6.35. The summed E-state index contributed by atoms with van der Waals surface area (Å²) in [5.41, 5.74) is -0.192. The summed E-state index contributed by atoms with van der Waals surface area (Å²) in [4.78, 5) is 10.3. The Hall–Kier alpha value is -1.73. The number of allylic oxidation sites excluding steroid dienone is 2. The summed E-state index contributed by atoms with van der Waals surface area (Å²) in [6, 6.07) is 5.31. The number of nitrogens with zero attached hydrogens (tertiary/aromatic N) is 2. The molecule has 0 radical (unpaired) electrons. The van der Waals surface area contributed by atoms with Gasteiger partial charge in [-0.25, -0.2) is 8.42 Å². The van der Waals surface area contributed by atoms with Crippen molar-refractivity contribution in [1.82, 2.24) is 4.31 Å². The van der Waals surface area contributed by atoms with Crippen LogP contribution in [0.2, 0.25) is 0 Å². The molecule has 6 nitrogen and oxygen atoms in total. The van der Waals surface area contributed by atoms with Crippen molar-refractivity contribution in [1.29, 1.82) is 0 Å². The predicted molar refractivity (Wildman–Crippen MR) is 79.6 cm³/mol. The van der Waals surface area contributed by atoms with Crippen LogP contribution in [0.5, 0.6) is 0 Å². The lowest BCUT2D eigenvalue weighted by Gasteiger charge is -2.18. The minimum absolute atomic E-state index is 0.0157. The highest BCUT2D eigenvalue weighted by molar-refractivity contribution is 7.89. The Morgan fingerprint density at radius 2 is 1.77 bits per heavy atom. The van der Waals surface area contributed by atoms with E-state index >= 15 is 0 Å². The maximum Gasteiger partial charge on any atom is 0.270 e. The van der Waals surface area contributed by atoms with Crippen molar-refractivity contribution < 1.29 is 13.3 Å². The molecule has 1 aromatic rings. The quantitative estimate of drug-likeness (QED) is 0.485. The number of benzene rings is 1. The molecular weight excluding hydrogens is 304 g/mol. The van der Waals surface area contributed by atoms with Gasteiger partial charge >= 0.3 is 0 Å². The van der Waals surface area contributed by atoms with Gasteiger partial charge in [-0.05, 0) is 36.2 Å². The molecule has 2 bridgehead atoms. The van der Waals surface area contributed by atoms with Crippen molar-refractivity contribution in [3.05, 3.63) is 46.5 Å². The summed E-state index contributed by atoms with van der Waals surface area (Å²) in [5.74, 6) is 1.81. The van der Waals surface area contributed by atoms with Crippen LogP contribution >= 0.6 is 0 Å². The zero-order valence-electron chi connectivity index (χ0n) is 11.8. The number of non-ortho nitro benzene ring substituents is 1. The summed E-state index contributed by atoms with van der Waals surface area (Å²) in [6.45, 7) is 1.06. The van der Waals surface area contributed by atoms with Crippen LogP contribution in [0.15, 0.2) is 41.3 Å². The van der Waals surface area contributed by atoms with Gasteiger partial charge in [0.2, 0.25) is 10.0 Å². The standard InChI is InChI=1S/C15H16N2O4S/c18-17(19)12-2-1-3-13(7-12)22(20,21)16-8-14-10-4-5-11(6-10)15(14)9-16/h1-5,7,10-11,14-15H,6,8-9H2/t10-,11+,14-,15+. The van der Waals surface area contributed by atoms with E-state index < -0.39 is 14.9 Å². The molecule has 7 heteroatoms. The second-order valence-corrected chi connectivity index (χ2v) is 8.29. The van der Waals surface area contributed by atoms with E-state index in [0.29, 0.717) is 36.8 Å². The number of sulfonamides is 1. The summed E-state index contributed by atoms with van der Waals surface area (Å²) in [6.07, 6.45) is 5.59. The second kappa shape index (κ2) is 4.63. The number of nitro groups is 1. The molecule has 4 atom stereocenters. The normalized spacial score (nSPS) is 33.3. The van der Waals surface area contributed by atoms with Gasteiger partial charge < -0.3 is 0 Å². The maximum atomic E-state index is 12.8. The van der Waals surface area contributed by atoms with Crippen molar-refractivity contribution in [3.8, 4) is 0 Å². The van der Waals surface area contributed by atoms with Crippen molar-refractivity contribution in [2.24, 2.45) is 23.7 Å². The molecule has 0 unspecified atom stereocenters. The summed E-state index contributed by atoms with van der Waals surface area (Å²) in [7, 11) is -3.65. The number of hydrogen-bond donors (Lipinski definition) is 0. The molecule has 0 aromatic heterocycles. The van der Waals surface area contributed by atoms with Crippen LogP contribution in [0, 0.1) is 33.8 Å². The third-order valence-electron chi connectivity index (χ3n) is 5.29. The van der Waals surface area contributed by atoms with Gasteiger partial charge in [-0.2, -0.15) is 4.31 Å². The van der Waals surface area contributed by atoms with Gasteiger partial charge in [-0.3, -0.25) is 10.1 Å². The fraction of sp³-hybridized carbons (Fsp3) is 0.467. The molecule has 22 heavy (non-hydrogen) atoms. The molecule has 3 aliphatic rings. The Bertz CT molecular complexity index is 754. The van der Waals surface area contributed by atoms with Gasteiger partial charge in [0.15, 0.2) is 0 Å². The van der Waals surface area contributed by atoms with Gasteiger partial charge in [-0.15, -0.1) is 0 Å². The Balaban J connectivity index is 1.63. The van der Waals surface area contributed by atoms with Gasteiger partial charge in [0.1, 0.15) is 0 Å². The van der Waals surface area contributed by atoms with E-state index in [1.165, 1.54) is 22.5 Å². The molecule has 1 aliphatic heterocycles. The number of hydrogen-bond acceptors (Lipinski definition) is 4. The van der Waals surface area contributed by atoms with Crippen LogP contribution in [0.4, 0.5) is 5.69 Å². The summed E-state index contributed by atoms with van der Waals surface area (Å²) < 4.78 is 27.0. The highest BCUT2D eigenvalue weighted by atomic mass is 32.2. The van der Waals surface area contributed by atoms with E-state index in [1.807, 2.05) is 0 Å². The molecule has 1 saturated carbocycles. The number of nitro benzene ring substituents is 1. The largest absolute Gasteiger partial charge is 0.270 e. The molecular formula is C15H16N2O4S. The highest BCUT2D eigenvalue weighted by Gasteiger charge is 2.51. The van der Waals surface area contributed by atoms with E-state index in [4.69, 9.17) is 0 Å². The van der Waals surface area contributed by atoms with Crippen molar-refractivity contribution in [2.75, 3.05) is 13.1 Å². The first-order valence-corrected chi connectivity index (χ1v) is 8.84. The fourth-order valence-corrected chi connectivity index (χ4v) is 5.77.